The Morgan fingerprint density at radius 3 is 1.57 bits per heavy atom. The zero-order valence-corrected chi connectivity index (χ0v) is 33.3. The van der Waals surface area contributed by atoms with Crippen molar-refractivity contribution in [3.05, 3.63) is 60.4 Å². The lowest BCUT2D eigenvalue weighted by molar-refractivity contribution is -0.138. The van der Waals surface area contributed by atoms with E-state index in [0.29, 0.717) is 37.0 Å². The molecule has 2 aromatic carbocycles. The first kappa shape index (κ1) is 40.1. The summed E-state index contributed by atoms with van der Waals surface area (Å²) in [6.07, 6.45) is 3.98. The van der Waals surface area contributed by atoms with E-state index in [-0.39, 0.29) is 23.9 Å². The van der Waals surface area contributed by atoms with Gasteiger partial charge in [0.15, 0.2) is 5.82 Å². The normalized spacial score (nSPS) is 18.9. The number of imidazole rings is 2. The zero-order chi connectivity index (χ0) is 41.1. The molecule has 18 heteroatoms. The highest BCUT2D eigenvalue weighted by Gasteiger charge is 2.40. The second-order valence-corrected chi connectivity index (χ2v) is 14.5. The summed E-state index contributed by atoms with van der Waals surface area (Å²) in [4.78, 5) is 80.8. The third-order valence-corrected chi connectivity index (χ3v) is 11.1. The Labute approximate surface area is 334 Å². The Balaban J connectivity index is 1.06. The maximum Gasteiger partial charge on any atom is 0.407 e. The molecule has 4 amide bonds. The number of fused-ring (bicyclic) bond motifs is 2. The molecule has 306 valence electrons. The van der Waals surface area contributed by atoms with Crippen molar-refractivity contribution in [2.75, 3.05) is 41.5 Å². The van der Waals surface area contributed by atoms with Crippen molar-refractivity contribution in [3.8, 4) is 22.5 Å². The lowest BCUT2D eigenvalue weighted by Gasteiger charge is -2.30. The highest BCUT2D eigenvalue weighted by molar-refractivity contribution is 5.88. The van der Waals surface area contributed by atoms with E-state index >= 15 is 0 Å². The smallest absolute Gasteiger partial charge is 0.407 e. The summed E-state index contributed by atoms with van der Waals surface area (Å²) in [5.74, 6) is 1.31. The maximum atomic E-state index is 13.7. The Kier molecular flexibility index (Phi) is 11.8. The van der Waals surface area contributed by atoms with Crippen molar-refractivity contribution in [1.29, 1.82) is 0 Å². The van der Waals surface area contributed by atoms with Crippen LogP contribution < -0.4 is 10.6 Å². The first-order valence-corrected chi connectivity index (χ1v) is 19.2. The summed E-state index contributed by atoms with van der Waals surface area (Å²) in [6.45, 7) is 4.48. The van der Waals surface area contributed by atoms with E-state index in [9.17, 15) is 19.2 Å². The van der Waals surface area contributed by atoms with Gasteiger partial charge in [-0.25, -0.2) is 29.5 Å². The Bertz CT molecular complexity index is 2140. The van der Waals surface area contributed by atoms with Crippen molar-refractivity contribution in [1.82, 2.24) is 50.3 Å². The average Bonchev–Trinajstić information content (AvgIpc) is 4.08. The third-order valence-electron chi connectivity index (χ3n) is 11.1. The molecule has 2 fully saturated rings. The number of carbonyl (C=O) groups excluding carboxylic acids is 4. The molecule has 0 spiro atoms. The standard InChI is InChI=1S/C40H48N10O8/c1-21(55-3)32(47-39(53)57-5)37(51)49-15-7-9-30(49)35-43-26-13-11-23(17-28(26)45-35)25-19-41-34(42-20-25)24-12-14-27-29(18-24)46-36(44-27)31-10-8-16-50(31)38(52)33(22(2)56-4)48-40(54)58-6/h11-14,17-22,30-33H,7-10,15-16H2,1-6H3,(H,43,45)(H,44,46)(H,47,53)(H,48,54)/t21-,22-,30+,31+,32?,33+/m1/s1. The maximum absolute atomic E-state index is 13.7. The number of hydrogen-bond donors (Lipinski definition) is 4. The van der Waals surface area contributed by atoms with E-state index in [4.69, 9.17) is 38.9 Å². The van der Waals surface area contributed by atoms with Gasteiger partial charge in [-0.15, -0.1) is 0 Å². The summed E-state index contributed by atoms with van der Waals surface area (Å²) in [6, 6.07) is 9.17. The molecule has 2 saturated heterocycles. The number of methoxy groups -OCH3 is 4. The quantitative estimate of drug-likeness (QED) is 0.138. The number of benzene rings is 2. The Morgan fingerprint density at radius 1 is 0.672 bits per heavy atom. The summed E-state index contributed by atoms with van der Waals surface area (Å²) in [7, 11) is 5.48. The summed E-state index contributed by atoms with van der Waals surface area (Å²) < 4.78 is 20.3. The van der Waals surface area contributed by atoms with E-state index in [2.05, 4.69) is 20.6 Å². The van der Waals surface area contributed by atoms with Crippen molar-refractivity contribution in [2.24, 2.45) is 0 Å². The van der Waals surface area contributed by atoms with Crippen LogP contribution in [-0.4, -0.2) is 130 Å². The van der Waals surface area contributed by atoms with Crippen LogP contribution in [0.3, 0.4) is 0 Å². The number of ether oxygens (including phenoxy) is 4. The van der Waals surface area contributed by atoms with Gasteiger partial charge in [-0.2, -0.15) is 0 Å². The van der Waals surface area contributed by atoms with Crippen LogP contribution in [0.1, 0.15) is 63.3 Å². The molecule has 5 aromatic rings. The molecule has 0 saturated carbocycles. The molecule has 0 aliphatic carbocycles. The van der Waals surface area contributed by atoms with Gasteiger partial charge in [0.05, 0.1) is 60.6 Å². The van der Waals surface area contributed by atoms with Gasteiger partial charge >= 0.3 is 12.2 Å². The minimum atomic E-state index is -0.920. The fourth-order valence-corrected chi connectivity index (χ4v) is 7.71. The van der Waals surface area contributed by atoms with Crippen LogP contribution >= 0.6 is 0 Å². The molecular weight excluding hydrogens is 749 g/mol. The van der Waals surface area contributed by atoms with Crippen molar-refractivity contribution in [3.63, 3.8) is 0 Å². The van der Waals surface area contributed by atoms with E-state index < -0.39 is 36.5 Å². The predicted molar refractivity (Wildman–Crippen MR) is 211 cm³/mol. The molecule has 3 aromatic heterocycles. The summed E-state index contributed by atoms with van der Waals surface area (Å²) in [5, 5.41) is 5.23. The number of likely N-dealkylation sites (tertiary alicyclic amines) is 2. The molecule has 2 aliphatic heterocycles. The number of H-pyrrole nitrogens is 2. The number of nitrogens with zero attached hydrogens (tertiary/aromatic N) is 6. The third kappa shape index (κ3) is 8.02. The van der Waals surface area contributed by atoms with Gasteiger partial charge in [0.2, 0.25) is 11.8 Å². The van der Waals surface area contributed by atoms with Gasteiger partial charge in [0, 0.05) is 50.8 Å². The van der Waals surface area contributed by atoms with E-state index in [1.165, 1.54) is 28.4 Å². The SMILES string of the molecule is COC(=O)NC(C(=O)N1CCC[C@H]1c1nc2ccc(-c3cnc(-c4ccc5nc([C@@H]6CCCN6C(=O)[C@@H](NC(=O)OC)[C@@H](C)OC)[nH]c5c4)nc3)cc2[nH]1)[C@@H](C)OC. The monoisotopic (exact) mass is 796 g/mol. The lowest BCUT2D eigenvalue weighted by Crippen LogP contribution is -2.54. The number of alkyl carbamates (subject to hydrolysis) is 2. The molecule has 18 nitrogen and oxygen atoms in total. The highest BCUT2D eigenvalue weighted by Crippen LogP contribution is 2.35. The molecule has 58 heavy (non-hydrogen) atoms. The van der Waals surface area contributed by atoms with Crippen molar-refractivity contribution < 1.29 is 38.1 Å². The number of aromatic nitrogens is 6. The number of amides is 4. The molecule has 0 bridgehead atoms. The van der Waals surface area contributed by atoms with E-state index in [1.54, 1.807) is 36.0 Å². The average molecular weight is 797 g/mol. The molecule has 5 heterocycles. The number of rotatable bonds is 12. The van der Waals surface area contributed by atoms with Crippen molar-refractivity contribution in [2.45, 2.75) is 75.9 Å². The fraction of sp³-hybridized carbons (Fsp3) is 0.450. The fourth-order valence-electron chi connectivity index (χ4n) is 7.71. The van der Waals surface area contributed by atoms with Crippen LogP contribution in [0.15, 0.2) is 48.8 Å². The molecule has 4 N–H and O–H groups in total. The molecule has 7 rings (SSSR count). The Hall–Kier alpha value is -6.14. The predicted octanol–water partition coefficient (Wildman–Crippen LogP) is 4.41. The molecule has 6 atom stereocenters. The second kappa shape index (κ2) is 17.2. The van der Waals surface area contributed by atoms with Gasteiger partial charge in [0.1, 0.15) is 23.7 Å². The number of aromatic amines is 2. The van der Waals surface area contributed by atoms with Crippen LogP contribution in [0.5, 0.6) is 0 Å². The van der Waals surface area contributed by atoms with E-state index in [1.807, 2.05) is 36.4 Å². The van der Waals surface area contributed by atoms with Crippen molar-refractivity contribution >= 4 is 46.1 Å². The second-order valence-electron chi connectivity index (χ2n) is 14.5. The van der Waals surface area contributed by atoms with Crippen LogP contribution in [0.4, 0.5) is 9.59 Å². The van der Waals surface area contributed by atoms with Crippen LogP contribution in [0.25, 0.3) is 44.6 Å². The molecule has 0 radical (unpaired) electrons. The number of carbonyl (C=O) groups is 4. The topological polar surface area (TPSA) is 219 Å². The number of hydrogen-bond acceptors (Lipinski definition) is 12. The summed E-state index contributed by atoms with van der Waals surface area (Å²) >= 11 is 0. The minimum Gasteiger partial charge on any atom is -0.453 e. The summed E-state index contributed by atoms with van der Waals surface area (Å²) in [5.41, 5.74) is 5.56. The Morgan fingerprint density at radius 2 is 1.12 bits per heavy atom. The van der Waals surface area contributed by atoms with Gasteiger partial charge in [-0.05, 0) is 75.4 Å². The van der Waals surface area contributed by atoms with Gasteiger partial charge in [-0.3, -0.25) is 9.59 Å². The van der Waals surface area contributed by atoms with Crippen LogP contribution in [-0.2, 0) is 28.5 Å². The number of nitrogens with one attached hydrogen (secondary N) is 4. The van der Waals surface area contributed by atoms with Gasteiger partial charge in [-0.1, -0.05) is 6.07 Å². The van der Waals surface area contributed by atoms with Gasteiger partial charge < -0.3 is 49.3 Å². The minimum absolute atomic E-state index is 0.266. The van der Waals surface area contributed by atoms with Gasteiger partial charge in [0.25, 0.3) is 0 Å². The first-order valence-electron chi connectivity index (χ1n) is 19.2. The first-order chi connectivity index (χ1) is 28.0. The molecular formula is C40H48N10O8. The highest BCUT2D eigenvalue weighted by atomic mass is 16.5. The zero-order valence-electron chi connectivity index (χ0n) is 33.3. The molecule has 2 aliphatic rings. The van der Waals surface area contributed by atoms with E-state index in [0.717, 1.165) is 58.0 Å². The largest absolute Gasteiger partial charge is 0.453 e. The van der Waals surface area contributed by atoms with Crippen LogP contribution in [0, 0.1) is 0 Å². The van der Waals surface area contributed by atoms with Crippen LogP contribution in [0.2, 0.25) is 0 Å². The lowest BCUT2D eigenvalue weighted by atomic mass is 10.1. The molecule has 1 unspecified atom stereocenters.